The minimum Gasteiger partial charge on any atom is -0.477 e. The van der Waals surface area contributed by atoms with Gasteiger partial charge in [-0.25, -0.2) is 9.78 Å². The molecule has 2 N–H and O–H groups in total. The number of aromatic amines is 1. The molecule has 0 saturated carbocycles. The Hall–Kier alpha value is -2.07. The molecule has 18 heavy (non-hydrogen) atoms. The summed E-state index contributed by atoms with van der Waals surface area (Å²) < 4.78 is 73.3. The fourth-order valence-corrected chi connectivity index (χ4v) is 1.01. The Morgan fingerprint density at radius 2 is 1.61 bits per heavy atom. The zero-order valence-corrected chi connectivity index (χ0v) is 7.98. The Balaban J connectivity index is 3.69. The largest absolute Gasteiger partial charge is 0.477 e. The van der Waals surface area contributed by atoms with E-state index in [1.165, 1.54) is 0 Å². The Morgan fingerprint density at radius 1 is 1.11 bits per heavy atom. The molecule has 0 bridgehead atoms. The first-order valence-electron chi connectivity index (χ1n) is 3.96. The first-order valence-corrected chi connectivity index (χ1v) is 3.96. The van der Waals surface area contributed by atoms with Gasteiger partial charge in [-0.05, 0) is 0 Å². The Kier molecular flexibility index (Phi) is 3.11. The lowest BCUT2D eigenvalue weighted by Gasteiger charge is -2.11. The van der Waals surface area contributed by atoms with Gasteiger partial charge in [0.15, 0.2) is 11.3 Å². The third kappa shape index (κ3) is 2.60. The lowest BCUT2D eigenvalue weighted by Crippen LogP contribution is -2.30. The molecule has 0 aliphatic carbocycles. The molecule has 11 heteroatoms. The average Bonchev–Trinajstić information content (AvgIpc) is 2.12. The predicted molar refractivity (Wildman–Crippen MR) is 41.8 cm³/mol. The summed E-state index contributed by atoms with van der Waals surface area (Å²) in [6.07, 6.45) is -10.8. The van der Waals surface area contributed by atoms with Gasteiger partial charge in [-0.15, -0.1) is 0 Å². The molecule has 0 aromatic carbocycles. The van der Waals surface area contributed by atoms with Gasteiger partial charge in [0.2, 0.25) is 5.82 Å². The fourth-order valence-electron chi connectivity index (χ4n) is 1.01. The van der Waals surface area contributed by atoms with Gasteiger partial charge in [0.1, 0.15) is 0 Å². The van der Waals surface area contributed by atoms with Crippen LogP contribution in [0.25, 0.3) is 0 Å². The first kappa shape index (κ1) is 14.0. The van der Waals surface area contributed by atoms with E-state index in [0.29, 0.717) is 0 Å². The maximum Gasteiger partial charge on any atom is 0.449 e. The van der Waals surface area contributed by atoms with E-state index in [2.05, 4.69) is 4.98 Å². The van der Waals surface area contributed by atoms with Crippen LogP contribution < -0.4 is 5.56 Å². The highest BCUT2D eigenvalue weighted by Gasteiger charge is 2.43. The standard InChI is InChI=1S/C7H2F6N2O3/c8-6(9,10)2-1(4(17)18)3(16)15-5(14-2)7(11,12)13/h(H,17,18)(H,14,15,16). The van der Waals surface area contributed by atoms with Crippen molar-refractivity contribution >= 4 is 5.97 Å². The summed E-state index contributed by atoms with van der Waals surface area (Å²) in [7, 11) is 0. The quantitative estimate of drug-likeness (QED) is 0.761. The molecule has 0 saturated heterocycles. The van der Waals surface area contributed by atoms with Gasteiger partial charge in [-0.1, -0.05) is 0 Å². The van der Waals surface area contributed by atoms with E-state index in [9.17, 15) is 35.9 Å². The van der Waals surface area contributed by atoms with E-state index in [1.54, 1.807) is 0 Å². The minimum absolute atomic E-state index is 0.937. The number of hydrogen-bond acceptors (Lipinski definition) is 3. The second-order valence-electron chi connectivity index (χ2n) is 2.94. The summed E-state index contributed by atoms with van der Waals surface area (Å²) in [5.41, 5.74) is -6.32. The molecule has 0 fully saturated rings. The highest BCUT2D eigenvalue weighted by atomic mass is 19.4. The zero-order valence-electron chi connectivity index (χ0n) is 7.98. The molecule has 1 aromatic rings. The lowest BCUT2D eigenvalue weighted by molar-refractivity contribution is -0.153. The second kappa shape index (κ2) is 3.99. The summed E-state index contributed by atoms with van der Waals surface area (Å²) in [5, 5.41) is 8.36. The SMILES string of the molecule is O=C(O)c1c(C(F)(F)F)nc(C(F)(F)F)[nH]c1=O. The Labute approximate surface area is 93.1 Å². The number of aromatic carboxylic acids is 1. The number of nitrogens with one attached hydrogen (secondary N) is 1. The molecule has 0 spiro atoms. The summed E-state index contributed by atoms with van der Waals surface area (Å²) in [5.74, 6) is -4.55. The van der Waals surface area contributed by atoms with Crippen LogP contribution in [0.2, 0.25) is 0 Å². The average molecular weight is 276 g/mol. The molecule has 0 radical (unpaired) electrons. The van der Waals surface area contributed by atoms with Crippen LogP contribution >= 0.6 is 0 Å². The number of alkyl halides is 6. The maximum absolute atomic E-state index is 12.3. The molecule has 1 heterocycles. The van der Waals surface area contributed by atoms with Gasteiger partial charge in [0.05, 0.1) is 0 Å². The summed E-state index contributed by atoms with van der Waals surface area (Å²) >= 11 is 0. The van der Waals surface area contributed by atoms with Crippen LogP contribution in [0.4, 0.5) is 26.3 Å². The van der Waals surface area contributed by atoms with Gasteiger partial charge >= 0.3 is 18.3 Å². The van der Waals surface area contributed by atoms with Crippen LogP contribution in [0.3, 0.4) is 0 Å². The van der Waals surface area contributed by atoms with E-state index in [4.69, 9.17) is 5.11 Å². The van der Waals surface area contributed by atoms with Crippen LogP contribution in [-0.2, 0) is 12.4 Å². The van der Waals surface area contributed by atoms with E-state index in [0.717, 1.165) is 4.98 Å². The van der Waals surface area contributed by atoms with Crippen molar-refractivity contribution in [2.24, 2.45) is 0 Å². The predicted octanol–water partition coefficient (Wildman–Crippen LogP) is 1.51. The number of carboxylic acids is 1. The molecule has 5 nitrogen and oxygen atoms in total. The Bertz CT molecular complexity index is 544. The number of hydrogen-bond donors (Lipinski definition) is 2. The van der Waals surface area contributed by atoms with E-state index in [-0.39, 0.29) is 0 Å². The topological polar surface area (TPSA) is 83.0 Å². The summed E-state index contributed by atoms with van der Waals surface area (Å²) in [6.45, 7) is 0. The third-order valence-electron chi connectivity index (χ3n) is 1.67. The van der Waals surface area contributed by atoms with Gasteiger partial charge in [0, 0.05) is 0 Å². The number of carbonyl (C=O) groups is 1. The van der Waals surface area contributed by atoms with Crippen molar-refractivity contribution < 1.29 is 36.2 Å². The minimum atomic E-state index is -5.50. The molecular formula is C7H2F6N2O3. The van der Waals surface area contributed by atoms with Crippen LogP contribution in [-0.4, -0.2) is 21.0 Å². The fraction of sp³-hybridized carbons (Fsp3) is 0.286. The van der Waals surface area contributed by atoms with E-state index in [1.807, 2.05) is 0 Å². The van der Waals surface area contributed by atoms with Crippen molar-refractivity contribution in [1.29, 1.82) is 0 Å². The number of nitrogens with zero attached hydrogens (tertiary/aromatic N) is 1. The van der Waals surface area contributed by atoms with Crippen LogP contribution in [0.1, 0.15) is 21.9 Å². The lowest BCUT2D eigenvalue weighted by atomic mass is 10.2. The van der Waals surface area contributed by atoms with E-state index >= 15 is 0 Å². The highest BCUT2D eigenvalue weighted by Crippen LogP contribution is 2.32. The molecule has 1 aromatic heterocycles. The van der Waals surface area contributed by atoms with Gasteiger partial charge in [-0.2, -0.15) is 26.3 Å². The molecule has 1 rings (SSSR count). The first-order chi connectivity index (χ1) is 7.94. The van der Waals surface area contributed by atoms with Crippen LogP contribution in [0.5, 0.6) is 0 Å². The molecule has 0 aliphatic rings. The molecule has 0 unspecified atom stereocenters. The molecule has 0 amide bonds. The van der Waals surface area contributed by atoms with Crippen molar-refractivity contribution in [1.82, 2.24) is 9.97 Å². The van der Waals surface area contributed by atoms with E-state index < -0.39 is 41.0 Å². The van der Waals surface area contributed by atoms with Crippen molar-refractivity contribution in [3.8, 4) is 0 Å². The van der Waals surface area contributed by atoms with Crippen molar-refractivity contribution in [2.75, 3.05) is 0 Å². The van der Waals surface area contributed by atoms with Gasteiger partial charge in [-0.3, -0.25) is 4.79 Å². The number of aromatic nitrogens is 2. The molecule has 100 valence electrons. The molecule has 0 aliphatic heterocycles. The molecule has 0 atom stereocenters. The number of H-pyrrole nitrogens is 1. The van der Waals surface area contributed by atoms with Crippen LogP contribution in [0, 0.1) is 0 Å². The van der Waals surface area contributed by atoms with Crippen molar-refractivity contribution in [3.63, 3.8) is 0 Å². The Morgan fingerprint density at radius 3 is 1.94 bits per heavy atom. The second-order valence-corrected chi connectivity index (χ2v) is 2.94. The summed E-state index contributed by atoms with van der Waals surface area (Å²) in [6, 6.07) is 0. The summed E-state index contributed by atoms with van der Waals surface area (Å²) in [4.78, 5) is 24.4. The normalized spacial score (nSPS) is 12.6. The van der Waals surface area contributed by atoms with Crippen LogP contribution in [0.15, 0.2) is 4.79 Å². The number of rotatable bonds is 1. The number of halogens is 6. The smallest absolute Gasteiger partial charge is 0.449 e. The van der Waals surface area contributed by atoms with Crippen molar-refractivity contribution in [2.45, 2.75) is 12.4 Å². The zero-order chi connectivity index (χ0) is 14.3. The van der Waals surface area contributed by atoms with Crippen molar-refractivity contribution in [3.05, 3.63) is 27.4 Å². The monoisotopic (exact) mass is 276 g/mol. The number of carboxylic acid groups (broad SMARTS) is 1. The third-order valence-corrected chi connectivity index (χ3v) is 1.67. The van der Waals surface area contributed by atoms with Gasteiger partial charge < -0.3 is 10.1 Å². The van der Waals surface area contributed by atoms with Gasteiger partial charge in [0.25, 0.3) is 5.56 Å². The highest BCUT2D eigenvalue weighted by molar-refractivity contribution is 5.88. The maximum atomic E-state index is 12.3. The molecular weight excluding hydrogens is 274 g/mol.